The molecule has 0 N–H and O–H groups in total. The number of halogens is 6. The van der Waals surface area contributed by atoms with Gasteiger partial charge < -0.3 is 9.31 Å². The van der Waals surface area contributed by atoms with Crippen LogP contribution in [-0.4, -0.2) is 32.0 Å². The molecule has 0 atom stereocenters. The molecule has 0 fully saturated rings. The van der Waals surface area contributed by atoms with Gasteiger partial charge in [0.2, 0.25) is 0 Å². The number of carbonyl (C=O) groups is 2. The highest BCUT2D eigenvalue weighted by Gasteiger charge is 2.43. The zero-order valence-electron chi connectivity index (χ0n) is 6.61. The summed E-state index contributed by atoms with van der Waals surface area (Å²) in [7, 11) is -1.75. The highest BCUT2D eigenvalue weighted by molar-refractivity contribution is 6.26. The lowest BCUT2D eigenvalue weighted by Gasteiger charge is -2.08. The van der Waals surface area contributed by atoms with Crippen LogP contribution in [-0.2, 0) is 18.9 Å². The molecule has 0 spiro atoms. The fourth-order valence-corrected chi connectivity index (χ4v) is 0.300. The summed E-state index contributed by atoms with van der Waals surface area (Å²) < 4.78 is 74.6. The fraction of sp³-hybridized carbons (Fsp3) is 0.500. The third kappa shape index (κ3) is 5.13. The summed E-state index contributed by atoms with van der Waals surface area (Å²) in [6, 6.07) is 0. The molecule has 0 saturated carbocycles. The normalized spacial score (nSPS) is 11.9. The fourth-order valence-electron chi connectivity index (χ4n) is 0.300. The van der Waals surface area contributed by atoms with Crippen molar-refractivity contribution in [1.29, 1.82) is 0 Å². The second-order valence-corrected chi connectivity index (χ2v) is 1.98. The lowest BCUT2D eigenvalue weighted by molar-refractivity contribution is -0.196. The van der Waals surface area contributed by atoms with Gasteiger partial charge in [-0.2, -0.15) is 26.3 Å². The van der Waals surface area contributed by atoms with Gasteiger partial charge in [-0.3, -0.25) is 0 Å². The van der Waals surface area contributed by atoms with E-state index in [1.807, 2.05) is 0 Å². The van der Waals surface area contributed by atoms with Crippen LogP contribution in [0, 0.1) is 0 Å². The van der Waals surface area contributed by atoms with E-state index in [0.717, 1.165) is 0 Å². The van der Waals surface area contributed by atoms with Crippen LogP contribution < -0.4 is 0 Å². The van der Waals surface area contributed by atoms with E-state index in [2.05, 4.69) is 9.31 Å². The SMILES string of the molecule is O=C(OBOC(=O)C(F)(F)F)C(F)(F)F. The van der Waals surface area contributed by atoms with E-state index in [1.54, 1.807) is 0 Å². The minimum absolute atomic E-state index is 1.75. The Morgan fingerprint density at radius 1 is 0.800 bits per heavy atom. The van der Waals surface area contributed by atoms with Crippen molar-refractivity contribution in [1.82, 2.24) is 0 Å². The maximum atomic E-state index is 11.4. The molecular weight excluding hydrogens is 237 g/mol. The molecule has 4 nitrogen and oxygen atoms in total. The molecule has 0 unspecified atom stereocenters. The van der Waals surface area contributed by atoms with Gasteiger partial charge in [-0.25, -0.2) is 9.59 Å². The summed E-state index contributed by atoms with van der Waals surface area (Å²) in [6.45, 7) is 0. The number of hydrogen-bond donors (Lipinski definition) is 0. The molecule has 0 heterocycles. The molecule has 0 rings (SSSR count). The monoisotopic (exact) mass is 238 g/mol. The highest BCUT2D eigenvalue weighted by Crippen LogP contribution is 2.17. The summed E-state index contributed by atoms with van der Waals surface area (Å²) in [5, 5.41) is 0. The van der Waals surface area contributed by atoms with Crippen molar-refractivity contribution in [3.05, 3.63) is 0 Å². The first-order chi connectivity index (χ1) is 6.55. The van der Waals surface area contributed by atoms with E-state index in [1.165, 1.54) is 0 Å². The van der Waals surface area contributed by atoms with Crippen LogP contribution >= 0.6 is 0 Å². The molecule has 0 aliphatic carbocycles. The maximum Gasteiger partial charge on any atom is 0.580 e. The van der Waals surface area contributed by atoms with Crippen LogP contribution in [0.2, 0.25) is 0 Å². The molecule has 15 heavy (non-hydrogen) atoms. The van der Waals surface area contributed by atoms with Crippen molar-refractivity contribution >= 4 is 19.6 Å². The van der Waals surface area contributed by atoms with Gasteiger partial charge >= 0.3 is 32.0 Å². The summed E-state index contributed by atoms with van der Waals surface area (Å²) >= 11 is 0. The van der Waals surface area contributed by atoms with Crippen LogP contribution in [0.4, 0.5) is 26.3 Å². The summed E-state index contributed by atoms with van der Waals surface area (Å²) in [5.74, 6) is -5.50. The number of hydrogen-bond acceptors (Lipinski definition) is 4. The van der Waals surface area contributed by atoms with Gasteiger partial charge in [0.05, 0.1) is 0 Å². The second kappa shape index (κ2) is 4.40. The van der Waals surface area contributed by atoms with Crippen LogP contribution in [0.3, 0.4) is 0 Å². The van der Waals surface area contributed by atoms with Crippen LogP contribution in [0.25, 0.3) is 0 Å². The Hall–Kier alpha value is -1.42. The minimum atomic E-state index is -5.36. The van der Waals surface area contributed by atoms with Crippen molar-refractivity contribution in [2.45, 2.75) is 12.4 Å². The van der Waals surface area contributed by atoms with E-state index >= 15 is 0 Å². The molecule has 0 amide bonds. The average molecular weight is 238 g/mol. The summed E-state index contributed by atoms with van der Waals surface area (Å²) in [6.07, 6.45) is -10.7. The molecule has 0 bridgehead atoms. The van der Waals surface area contributed by atoms with Crippen molar-refractivity contribution in [3.8, 4) is 0 Å². The van der Waals surface area contributed by atoms with Gasteiger partial charge in [0.25, 0.3) is 0 Å². The Morgan fingerprint density at radius 3 is 1.27 bits per heavy atom. The van der Waals surface area contributed by atoms with Crippen LogP contribution in [0.5, 0.6) is 0 Å². The van der Waals surface area contributed by atoms with Crippen LogP contribution in [0.1, 0.15) is 0 Å². The lowest BCUT2D eigenvalue weighted by Crippen LogP contribution is -2.32. The molecule has 0 saturated heterocycles. The third-order valence-corrected chi connectivity index (χ3v) is 0.843. The lowest BCUT2D eigenvalue weighted by atomic mass is 10.4. The average Bonchev–Trinajstić information content (AvgIpc) is 2.00. The zero-order valence-corrected chi connectivity index (χ0v) is 6.61. The van der Waals surface area contributed by atoms with Gasteiger partial charge in [0.15, 0.2) is 0 Å². The van der Waals surface area contributed by atoms with E-state index < -0.39 is 32.0 Å². The minimum Gasteiger partial charge on any atom is -0.495 e. The maximum absolute atomic E-state index is 11.4. The van der Waals surface area contributed by atoms with Gasteiger partial charge in [-0.1, -0.05) is 0 Å². The zero-order chi connectivity index (χ0) is 12.3. The topological polar surface area (TPSA) is 52.6 Å². The first-order valence-corrected chi connectivity index (χ1v) is 3.03. The van der Waals surface area contributed by atoms with Gasteiger partial charge in [0, 0.05) is 0 Å². The molecule has 11 heteroatoms. The van der Waals surface area contributed by atoms with Crippen molar-refractivity contribution in [2.75, 3.05) is 0 Å². The van der Waals surface area contributed by atoms with Gasteiger partial charge in [0.1, 0.15) is 0 Å². The largest absolute Gasteiger partial charge is 0.580 e. The van der Waals surface area contributed by atoms with Crippen molar-refractivity contribution in [2.24, 2.45) is 0 Å². The Labute approximate surface area is 78.4 Å². The Balaban J connectivity index is 3.92. The number of carbonyl (C=O) groups excluding carboxylic acids is 2. The first-order valence-electron chi connectivity index (χ1n) is 3.03. The van der Waals surface area contributed by atoms with Gasteiger partial charge in [-0.05, 0) is 0 Å². The molecule has 0 radical (unpaired) electrons. The number of alkyl halides is 6. The molecule has 0 aromatic heterocycles. The van der Waals surface area contributed by atoms with Gasteiger partial charge in [-0.15, -0.1) is 0 Å². The number of rotatable bonds is 2. The van der Waals surface area contributed by atoms with E-state index in [4.69, 9.17) is 0 Å². The van der Waals surface area contributed by atoms with E-state index in [-0.39, 0.29) is 0 Å². The molecule has 0 aromatic rings. The molecule has 0 aromatic carbocycles. The summed E-state index contributed by atoms with van der Waals surface area (Å²) in [4.78, 5) is 19.8. The Bertz CT molecular complexity index is 231. The predicted octanol–water partition coefficient (Wildman–Crippen LogP) is 0.464. The van der Waals surface area contributed by atoms with E-state index in [0.29, 0.717) is 0 Å². The molecule has 0 aliphatic rings. The predicted molar refractivity (Wildman–Crippen MR) is 31.4 cm³/mol. The Kier molecular flexibility index (Phi) is 3.99. The third-order valence-electron chi connectivity index (χ3n) is 0.843. The van der Waals surface area contributed by atoms with E-state index in [9.17, 15) is 35.9 Å². The van der Waals surface area contributed by atoms with Crippen molar-refractivity contribution in [3.63, 3.8) is 0 Å². The van der Waals surface area contributed by atoms with Crippen LogP contribution in [0.15, 0.2) is 0 Å². The Morgan fingerprint density at radius 2 is 1.07 bits per heavy atom. The standard InChI is InChI=1S/C4HBF6O4/c6-3(7,8)1(12)14-5-15-2(13)4(9,10)11/h5H. The quantitative estimate of drug-likeness (QED) is 0.518. The molecule has 86 valence electrons. The molecular formula is C4HBF6O4. The smallest absolute Gasteiger partial charge is 0.495 e. The second-order valence-electron chi connectivity index (χ2n) is 1.98. The molecule has 0 aliphatic heterocycles. The highest BCUT2D eigenvalue weighted by atomic mass is 19.4. The first kappa shape index (κ1) is 13.6. The summed E-state index contributed by atoms with van der Waals surface area (Å²) in [5.41, 5.74) is 0. The van der Waals surface area contributed by atoms with Crippen molar-refractivity contribution < 1.29 is 45.2 Å².